The molecule has 4 atom stereocenters. The number of fused-ring (bicyclic) bond motifs is 3. The summed E-state index contributed by atoms with van der Waals surface area (Å²) < 4.78 is 16.1. The molecular weight excluding hydrogens is 509 g/mol. The molecule has 11 heteroatoms. The number of carbonyl (C=O) groups excluding carboxylic acids is 3. The third-order valence-electron chi connectivity index (χ3n) is 8.28. The third kappa shape index (κ3) is 4.14. The number of aromatic hydroxyl groups is 1. The van der Waals surface area contributed by atoms with E-state index in [9.17, 15) is 34.8 Å². The van der Waals surface area contributed by atoms with Gasteiger partial charge in [-0.15, -0.1) is 0 Å². The van der Waals surface area contributed by atoms with Crippen LogP contribution in [0.2, 0.25) is 0 Å². The van der Waals surface area contributed by atoms with Crippen LogP contribution in [0.15, 0.2) is 28.7 Å². The van der Waals surface area contributed by atoms with Crippen LogP contribution in [0, 0.1) is 23.6 Å². The van der Waals surface area contributed by atoms with E-state index in [4.69, 9.17) is 5.73 Å². The van der Waals surface area contributed by atoms with E-state index in [1.807, 2.05) is 13.8 Å². The first kappa shape index (κ1) is 28.7. The number of amides is 1. The quantitative estimate of drug-likeness (QED) is 0.291. The van der Waals surface area contributed by atoms with Crippen molar-refractivity contribution >= 4 is 17.5 Å². The summed E-state index contributed by atoms with van der Waals surface area (Å²) in [5.74, 6) is -8.07. The summed E-state index contributed by atoms with van der Waals surface area (Å²) in [6, 6.07) is 0.0662. The van der Waals surface area contributed by atoms with E-state index in [0.29, 0.717) is 6.54 Å². The highest BCUT2D eigenvalue weighted by Crippen LogP contribution is 2.52. The summed E-state index contributed by atoms with van der Waals surface area (Å²) in [7, 11) is 3.09. The van der Waals surface area contributed by atoms with Crippen molar-refractivity contribution in [1.82, 2.24) is 10.2 Å². The fourth-order valence-electron chi connectivity index (χ4n) is 6.30. The van der Waals surface area contributed by atoms with Gasteiger partial charge in [-0.1, -0.05) is 13.8 Å². The van der Waals surface area contributed by atoms with Gasteiger partial charge in [-0.05, 0) is 65.2 Å². The highest BCUT2D eigenvalue weighted by atomic mass is 19.1. The van der Waals surface area contributed by atoms with Gasteiger partial charge in [0, 0.05) is 28.2 Å². The highest BCUT2D eigenvalue weighted by molar-refractivity contribution is 6.24. The van der Waals surface area contributed by atoms with E-state index in [-0.39, 0.29) is 41.0 Å². The number of nitrogens with one attached hydrogen (secondary N) is 1. The summed E-state index contributed by atoms with van der Waals surface area (Å²) in [5.41, 5.74) is 0.302. The molecule has 0 radical (unpaired) electrons. The minimum absolute atomic E-state index is 0.0254. The van der Waals surface area contributed by atoms with Crippen molar-refractivity contribution in [3.63, 3.8) is 0 Å². The number of nitrogens with zero attached hydrogens (tertiary/aromatic N) is 1. The topological polar surface area (TPSA) is 173 Å². The third-order valence-corrected chi connectivity index (χ3v) is 8.28. The molecule has 1 aromatic carbocycles. The van der Waals surface area contributed by atoms with E-state index in [1.165, 1.54) is 11.0 Å². The van der Waals surface area contributed by atoms with Crippen LogP contribution in [0.25, 0.3) is 0 Å². The number of ketones is 2. The molecule has 39 heavy (non-hydrogen) atoms. The van der Waals surface area contributed by atoms with Crippen molar-refractivity contribution < 1.29 is 39.2 Å². The zero-order chi connectivity index (χ0) is 29.4. The number of hydrogen-bond donors (Lipinski definition) is 6. The lowest BCUT2D eigenvalue weighted by molar-refractivity contribution is -0.148. The summed E-state index contributed by atoms with van der Waals surface area (Å²) in [5, 5.41) is 47.9. The van der Waals surface area contributed by atoms with E-state index >= 15 is 4.39 Å². The Balaban J connectivity index is 1.90. The maximum Gasteiger partial charge on any atom is 0.255 e. The Morgan fingerprint density at radius 1 is 1.26 bits per heavy atom. The molecule has 3 aliphatic carbocycles. The first-order chi connectivity index (χ1) is 18.0. The molecule has 0 bridgehead atoms. The predicted molar refractivity (Wildman–Crippen MR) is 139 cm³/mol. The van der Waals surface area contributed by atoms with Crippen LogP contribution in [0.5, 0.6) is 5.75 Å². The maximum absolute atomic E-state index is 16.1. The van der Waals surface area contributed by atoms with Gasteiger partial charge in [0.25, 0.3) is 5.91 Å². The summed E-state index contributed by atoms with van der Waals surface area (Å²) in [4.78, 5) is 40.5. The first-order valence-corrected chi connectivity index (χ1v) is 12.9. The molecule has 3 aliphatic rings. The predicted octanol–water partition coefficient (Wildman–Crippen LogP) is 1.74. The molecule has 1 aromatic rings. The van der Waals surface area contributed by atoms with Gasteiger partial charge in [-0.3, -0.25) is 19.3 Å². The van der Waals surface area contributed by atoms with Gasteiger partial charge in [-0.25, -0.2) is 4.39 Å². The van der Waals surface area contributed by atoms with E-state index in [0.717, 1.165) is 0 Å². The van der Waals surface area contributed by atoms with E-state index in [1.54, 1.807) is 27.9 Å². The molecule has 0 saturated carbocycles. The molecule has 0 fully saturated rings. The van der Waals surface area contributed by atoms with Crippen LogP contribution in [0.3, 0.4) is 0 Å². The highest BCUT2D eigenvalue weighted by Gasteiger charge is 2.63. The lowest BCUT2D eigenvalue weighted by Gasteiger charge is -2.50. The van der Waals surface area contributed by atoms with Crippen LogP contribution in [-0.4, -0.2) is 75.1 Å². The molecule has 10 nitrogen and oxygen atoms in total. The zero-order valence-electron chi connectivity index (χ0n) is 22.9. The number of allylic oxidation sites excluding steroid dienone is 1. The number of Topliss-reactive ketones (excluding diaryl/α,β-unsaturated/α-hetero) is 2. The second kappa shape index (κ2) is 9.42. The zero-order valence-corrected chi connectivity index (χ0v) is 22.9. The van der Waals surface area contributed by atoms with Crippen molar-refractivity contribution in [3.05, 3.63) is 51.2 Å². The number of aliphatic hydroxyl groups excluding tert-OH is 2. The molecule has 0 unspecified atom stereocenters. The van der Waals surface area contributed by atoms with Gasteiger partial charge >= 0.3 is 0 Å². The number of phenolic OH excluding ortho intramolecular Hbond substituents is 1. The lowest BCUT2D eigenvalue weighted by Crippen LogP contribution is -2.63. The number of primary amides is 1. The van der Waals surface area contributed by atoms with Crippen LogP contribution in [0.4, 0.5) is 4.39 Å². The minimum Gasteiger partial charge on any atom is -0.510 e. The second-order valence-electron chi connectivity index (χ2n) is 12.0. The number of nitrogens with two attached hydrogens (primary N) is 1. The molecule has 0 heterocycles. The van der Waals surface area contributed by atoms with Gasteiger partial charge in [0.05, 0.1) is 11.6 Å². The van der Waals surface area contributed by atoms with E-state index < -0.39 is 75.1 Å². The number of likely N-dealkylation sites (N-methyl/N-ethyl adjacent to an activating group) is 1. The molecular formula is C28H36FN3O7. The Morgan fingerprint density at radius 2 is 1.87 bits per heavy atom. The molecule has 0 aliphatic heterocycles. The Labute approximate surface area is 226 Å². The van der Waals surface area contributed by atoms with E-state index in [2.05, 4.69) is 5.32 Å². The van der Waals surface area contributed by atoms with Gasteiger partial charge in [0.2, 0.25) is 5.78 Å². The number of phenols is 1. The Hall–Kier alpha value is -3.28. The molecule has 4 rings (SSSR count). The molecule has 0 saturated heterocycles. The fourth-order valence-corrected chi connectivity index (χ4v) is 6.30. The molecule has 0 aromatic heterocycles. The number of halogens is 1. The number of aliphatic hydroxyl groups is 3. The van der Waals surface area contributed by atoms with Crippen LogP contribution in [0.1, 0.15) is 55.6 Å². The normalized spacial score (nSPS) is 27.2. The van der Waals surface area contributed by atoms with Gasteiger partial charge in [-0.2, -0.15) is 0 Å². The van der Waals surface area contributed by atoms with Crippen molar-refractivity contribution in [3.8, 4) is 5.75 Å². The average molecular weight is 546 g/mol. The smallest absolute Gasteiger partial charge is 0.255 e. The van der Waals surface area contributed by atoms with Crippen LogP contribution in [-0.2, 0) is 21.5 Å². The fraction of sp³-hybridized carbons (Fsp3) is 0.536. The summed E-state index contributed by atoms with van der Waals surface area (Å²) >= 11 is 0. The Bertz CT molecular complexity index is 1350. The Kier molecular flexibility index (Phi) is 6.94. The molecule has 212 valence electrons. The van der Waals surface area contributed by atoms with Crippen molar-refractivity contribution in [2.45, 2.75) is 57.7 Å². The number of rotatable bonds is 6. The number of carbonyl (C=O) groups is 3. The number of benzene rings is 1. The molecule has 0 spiro atoms. The standard InChI is InChI=1S/C28H36FN3O7/c1-11(2)10-31-27(3,4)14-9-16(33)18-13(20(14)29)7-12-8-15-21(32(5)6)23(35)19(26(30)38)25(37)28(15,39)24(36)17(12)22(18)34/h9,11-12,15,21,31,33,35-36,39H,7-8,10H2,1-6H3,(H2,30,38)/t12-,15-,21-,28-/m0/s1. The lowest BCUT2D eigenvalue weighted by atomic mass is 9.58. The van der Waals surface area contributed by atoms with Crippen molar-refractivity contribution in [2.24, 2.45) is 23.5 Å². The van der Waals surface area contributed by atoms with Crippen molar-refractivity contribution in [2.75, 3.05) is 20.6 Å². The Morgan fingerprint density at radius 3 is 2.41 bits per heavy atom. The summed E-state index contributed by atoms with van der Waals surface area (Å²) in [6.45, 7) is 8.12. The van der Waals surface area contributed by atoms with Gasteiger partial charge in [0.1, 0.15) is 28.7 Å². The van der Waals surface area contributed by atoms with Crippen molar-refractivity contribution in [1.29, 1.82) is 0 Å². The minimum atomic E-state index is -2.73. The molecule has 7 N–H and O–H groups in total. The average Bonchev–Trinajstić information content (AvgIpc) is 2.81. The van der Waals surface area contributed by atoms with Gasteiger partial charge < -0.3 is 31.5 Å². The van der Waals surface area contributed by atoms with Gasteiger partial charge in [0.15, 0.2) is 11.4 Å². The first-order valence-electron chi connectivity index (χ1n) is 12.9. The summed E-state index contributed by atoms with van der Waals surface area (Å²) in [6.07, 6.45) is -0.215. The monoisotopic (exact) mass is 545 g/mol. The SMILES string of the molecule is CC(C)CNC(C)(C)c1cc(O)c2c(c1F)C[C@H]1C[C@H]3[C@H](N(C)C)C(O)=C(C(N)=O)C(=O)[C@@]3(O)C(O)=C1C2=O. The number of hydrogen-bond acceptors (Lipinski definition) is 9. The molecule has 1 amide bonds. The van der Waals surface area contributed by atoms with Crippen LogP contribution >= 0.6 is 0 Å². The second-order valence-corrected chi connectivity index (χ2v) is 12.0. The largest absolute Gasteiger partial charge is 0.510 e. The maximum atomic E-state index is 16.1. The van der Waals surface area contributed by atoms with Crippen LogP contribution < -0.4 is 11.1 Å².